The molecule has 1 N–H and O–H groups in total. The molecule has 0 rings (SSSR count). The number of unbranched alkanes of at least 4 members (excludes halogenated alkanes) is 7. The minimum Gasteiger partial charge on any atom is -0.476 e. The fourth-order valence-electron chi connectivity index (χ4n) is 1.54. The summed E-state index contributed by atoms with van der Waals surface area (Å²) in [5.41, 5.74) is 0. The highest BCUT2D eigenvalue weighted by atomic mass is 16.5. The molecular weight excluding hydrogens is 202 g/mol. The van der Waals surface area contributed by atoms with Crippen LogP contribution in [0.5, 0.6) is 0 Å². The second kappa shape index (κ2) is 12.1. The molecule has 0 spiro atoms. The normalized spacial score (nSPS) is 11.4. The van der Waals surface area contributed by atoms with Crippen LogP contribution >= 0.6 is 0 Å². The lowest BCUT2D eigenvalue weighted by atomic mass is 10.1. The number of hydrogen-bond donors (Lipinski definition) is 1. The van der Waals surface area contributed by atoms with E-state index in [-0.39, 0.29) is 5.90 Å². The van der Waals surface area contributed by atoms with Gasteiger partial charge in [0.1, 0.15) is 0 Å². The first-order valence-corrected chi connectivity index (χ1v) is 6.32. The van der Waals surface area contributed by atoms with Crippen LogP contribution in [-0.4, -0.2) is 17.7 Å². The Hall–Kier alpha value is -0.990. The van der Waals surface area contributed by atoms with E-state index in [1.807, 2.05) is 0 Å². The van der Waals surface area contributed by atoms with Crippen LogP contribution < -0.4 is 0 Å². The molecule has 0 bridgehead atoms. The summed E-state index contributed by atoms with van der Waals surface area (Å²) in [7, 11) is 0. The molecule has 0 radical (unpaired) electrons. The highest BCUT2D eigenvalue weighted by molar-refractivity contribution is 5.86. The van der Waals surface area contributed by atoms with Crippen molar-refractivity contribution in [2.75, 3.05) is 6.61 Å². The molecule has 0 aromatic rings. The summed E-state index contributed by atoms with van der Waals surface area (Å²) in [4.78, 5) is 0. The van der Waals surface area contributed by atoms with E-state index in [1.165, 1.54) is 51.0 Å². The highest BCUT2D eigenvalue weighted by Crippen LogP contribution is 2.08. The number of rotatable bonds is 10. The second-order valence-electron chi connectivity index (χ2n) is 3.97. The zero-order valence-electron chi connectivity index (χ0n) is 10.5. The summed E-state index contributed by atoms with van der Waals surface area (Å²) in [5.74, 6) is 0.211. The fourth-order valence-corrected chi connectivity index (χ4v) is 1.54. The van der Waals surface area contributed by atoms with E-state index in [4.69, 9.17) is 9.94 Å². The van der Waals surface area contributed by atoms with Crippen LogP contribution in [0.3, 0.4) is 0 Å². The van der Waals surface area contributed by atoms with E-state index in [0.717, 1.165) is 6.42 Å². The molecule has 0 fully saturated rings. The van der Waals surface area contributed by atoms with Gasteiger partial charge in [-0.3, -0.25) is 0 Å². The van der Waals surface area contributed by atoms with E-state index in [0.29, 0.717) is 6.61 Å². The lowest BCUT2D eigenvalue weighted by Gasteiger charge is -2.04. The van der Waals surface area contributed by atoms with Crippen molar-refractivity contribution in [1.29, 1.82) is 0 Å². The van der Waals surface area contributed by atoms with Crippen molar-refractivity contribution in [3.8, 4) is 0 Å². The minimum absolute atomic E-state index is 0.211. The van der Waals surface area contributed by atoms with Crippen molar-refractivity contribution >= 4 is 5.90 Å². The molecule has 16 heavy (non-hydrogen) atoms. The summed E-state index contributed by atoms with van der Waals surface area (Å²) in [6.07, 6.45) is 11.6. The maximum Gasteiger partial charge on any atom is 0.249 e. The molecule has 94 valence electrons. The van der Waals surface area contributed by atoms with Gasteiger partial charge < -0.3 is 9.94 Å². The first kappa shape index (κ1) is 15.0. The molecule has 3 nitrogen and oxygen atoms in total. The number of ether oxygens (including phenoxy) is 1. The molecule has 0 aliphatic heterocycles. The molecule has 0 unspecified atom stereocenters. The van der Waals surface area contributed by atoms with Crippen LogP contribution in [0.4, 0.5) is 0 Å². The smallest absolute Gasteiger partial charge is 0.249 e. The fraction of sp³-hybridized carbons (Fsp3) is 0.769. The Morgan fingerprint density at radius 2 is 1.69 bits per heavy atom. The summed E-state index contributed by atoms with van der Waals surface area (Å²) < 4.78 is 5.17. The Morgan fingerprint density at radius 3 is 2.19 bits per heavy atom. The zero-order valence-corrected chi connectivity index (χ0v) is 10.5. The quantitative estimate of drug-likeness (QED) is 0.200. The number of oxime groups is 1. The maximum atomic E-state index is 8.44. The lowest BCUT2D eigenvalue weighted by molar-refractivity contribution is 0.252. The molecular formula is C13H25NO2. The standard InChI is InChI=1S/C13H25NO2/c1-3-5-6-7-8-9-10-11-12-16-13(4-2)14-15/h4,15H,2-3,5-12H2,1H3. The van der Waals surface area contributed by atoms with Crippen LogP contribution in [0, 0.1) is 0 Å². The van der Waals surface area contributed by atoms with Crippen LogP contribution in [0.15, 0.2) is 17.8 Å². The van der Waals surface area contributed by atoms with Crippen molar-refractivity contribution in [3.63, 3.8) is 0 Å². The van der Waals surface area contributed by atoms with Crippen LogP contribution in [0.25, 0.3) is 0 Å². The largest absolute Gasteiger partial charge is 0.476 e. The van der Waals surface area contributed by atoms with Crippen molar-refractivity contribution in [3.05, 3.63) is 12.7 Å². The van der Waals surface area contributed by atoms with Gasteiger partial charge in [0.05, 0.1) is 6.61 Å². The molecule has 0 aliphatic rings. The van der Waals surface area contributed by atoms with E-state index in [2.05, 4.69) is 18.7 Å². The molecule has 0 aromatic carbocycles. The van der Waals surface area contributed by atoms with Gasteiger partial charge >= 0.3 is 0 Å². The van der Waals surface area contributed by atoms with Gasteiger partial charge in [0, 0.05) is 0 Å². The van der Waals surface area contributed by atoms with Gasteiger partial charge in [-0.25, -0.2) is 0 Å². The van der Waals surface area contributed by atoms with Crippen molar-refractivity contribution in [2.24, 2.45) is 5.16 Å². The zero-order chi connectivity index (χ0) is 12.1. The maximum absolute atomic E-state index is 8.44. The topological polar surface area (TPSA) is 41.8 Å². The van der Waals surface area contributed by atoms with Gasteiger partial charge in [-0.05, 0) is 17.7 Å². The van der Waals surface area contributed by atoms with Gasteiger partial charge in [-0.2, -0.15) is 0 Å². The average Bonchev–Trinajstić information content (AvgIpc) is 2.32. The molecule has 0 atom stereocenters. The van der Waals surface area contributed by atoms with E-state index in [9.17, 15) is 0 Å². The molecule has 0 aliphatic carbocycles. The third kappa shape index (κ3) is 9.56. The van der Waals surface area contributed by atoms with Crippen LogP contribution in [-0.2, 0) is 4.74 Å². The summed E-state index contributed by atoms with van der Waals surface area (Å²) in [6.45, 7) is 6.32. The Labute approximate surface area is 99.2 Å². The van der Waals surface area contributed by atoms with Crippen LogP contribution in [0.1, 0.15) is 58.3 Å². The molecule has 0 heterocycles. The number of hydrogen-bond acceptors (Lipinski definition) is 3. The molecule has 0 amide bonds. The van der Waals surface area contributed by atoms with Gasteiger partial charge in [0.15, 0.2) is 0 Å². The van der Waals surface area contributed by atoms with Gasteiger partial charge in [-0.1, -0.05) is 58.4 Å². The summed E-state index contributed by atoms with van der Waals surface area (Å²) in [5, 5.41) is 11.4. The van der Waals surface area contributed by atoms with Crippen molar-refractivity contribution in [1.82, 2.24) is 0 Å². The minimum atomic E-state index is 0.211. The molecule has 0 aromatic heterocycles. The van der Waals surface area contributed by atoms with Gasteiger partial charge in [0.2, 0.25) is 5.90 Å². The monoisotopic (exact) mass is 227 g/mol. The van der Waals surface area contributed by atoms with Gasteiger partial charge in [0.25, 0.3) is 0 Å². The lowest BCUT2D eigenvalue weighted by Crippen LogP contribution is -2.02. The molecule has 3 heteroatoms. The Morgan fingerprint density at radius 1 is 1.12 bits per heavy atom. The van der Waals surface area contributed by atoms with E-state index < -0.39 is 0 Å². The van der Waals surface area contributed by atoms with Crippen LogP contribution in [0.2, 0.25) is 0 Å². The Kier molecular flexibility index (Phi) is 11.3. The first-order valence-electron chi connectivity index (χ1n) is 6.32. The number of nitrogens with zero attached hydrogens (tertiary/aromatic N) is 1. The average molecular weight is 227 g/mol. The third-order valence-corrected chi connectivity index (χ3v) is 2.52. The predicted molar refractivity (Wildman–Crippen MR) is 68.0 cm³/mol. The highest BCUT2D eigenvalue weighted by Gasteiger charge is 1.95. The van der Waals surface area contributed by atoms with Crippen molar-refractivity contribution in [2.45, 2.75) is 58.3 Å². The Balaban J connectivity index is 3.12. The van der Waals surface area contributed by atoms with Crippen molar-refractivity contribution < 1.29 is 9.94 Å². The second-order valence-corrected chi connectivity index (χ2v) is 3.97. The third-order valence-electron chi connectivity index (χ3n) is 2.52. The summed E-state index contributed by atoms with van der Waals surface area (Å²) >= 11 is 0. The predicted octanol–water partition coefficient (Wildman–Crippen LogP) is 4.12. The van der Waals surface area contributed by atoms with E-state index >= 15 is 0 Å². The first-order chi connectivity index (χ1) is 7.85. The SMILES string of the molecule is C=CC(=NO)OCCCCCCCCCC. The molecule has 0 saturated carbocycles. The van der Waals surface area contributed by atoms with Gasteiger partial charge in [-0.15, -0.1) is 0 Å². The Bertz CT molecular complexity index is 190. The van der Waals surface area contributed by atoms with E-state index in [1.54, 1.807) is 0 Å². The summed E-state index contributed by atoms with van der Waals surface area (Å²) in [6, 6.07) is 0. The molecule has 0 saturated heterocycles.